The maximum Gasteiger partial charge on any atom is 0.0589 e. The first-order chi connectivity index (χ1) is 13.3. The molecule has 150 valence electrons. The summed E-state index contributed by atoms with van der Waals surface area (Å²) in [6.45, 7) is 7.16. The molecule has 0 aromatic heterocycles. The van der Waals surface area contributed by atoms with E-state index in [9.17, 15) is 0 Å². The summed E-state index contributed by atoms with van der Waals surface area (Å²) in [4.78, 5) is 5.55. The minimum Gasteiger partial charge on any atom is -0.383 e. The smallest absolute Gasteiger partial charge is 0.0589 e. The summed E-state index contributed by atoms with van der Waals surface area (Å²) < 4.78 is 5.41. The van der Waals surface area contributed by atoms with Crippen molar-refractivity contribution < 1.29 is 4.74 Å². The first-order valence-electron chi connectivity index (χ1n) is 11.3. The van der Waals surface area contributed by atoms with Crippen LogP contribution in [0, 0.1) is 11.8 Å². The Hall–Kier alpha value is -0.900. The van der Waals surface area contributed by atoms with Gasteiger partial charge in [0.1, 0.15) is 0 Å². The summed E-state index contributed by atoms with van der Waals surface area (Å²) in [5.41, 5.74) is 3.18. The molecule has 1 aromatic rings. The Kier molecular flexibility index (Phi) is 6.86. The number of methoxy groups -OCH3 is 1. The van der Waals surface area contributed by atoms with Gasteiger partial charge in [0.2, 0.25) is 0 Å². The van der Waals surface area contributed by atoms with Gasteiger partial charge in [-0.2, -0.15) is 0 Å². The number of nitrogens with zero attached hydrogens (tertiary/aromatic N) is 2. The molecule has 1 saturated carbocycles. The van der Waals surface area contributed by atoms with Crippen LogP contribution in [0.5, 0.6) is 0 Å². The van der Waals surface area contributed by atoms with Crippen molar-refractivity contribution in [2.45, 2.75) is 57.4 Å². The number of hydrogen-bond donors (Lipinski definition) is 0. The van der Waals surface area contributed by atoms with Crippen LogP contribution in [0.3, 0.4) is 0 Å². The zero-order valence-electron chi connectivity index (χ0n) is 17.2. The Labute approximate surface area is 166 Å². The number of hydrogen-bond acceptors (Lipinski definition) is 3. The van der Waals surface area contributed by atoms with E-state index in [1.165, 1.54) is 77.5 Å². The molecule has 2 aliphatic carbocycles. The molecule has 3 nitrogen and oxygen atoms in total. The first kappa shape index (κ1) is 19.4. The summed E-state index contributed by atoms with van der Waals surface area (Å²) in [5, 5.41) is 0. The van der Waals surface area contributed by atoms with Gasteiger partial charge in [-0.05, 0) is 68.0 Å². The fraction of sp³-hybridized carbons (Fsp3) is 0.750. The fourth-order valence-electron chi connectivity index (χ4n) is 5.77. The van der Waals surface area contributed by atoms with Crippen molar-refractivity contribution in [1.29, 1.82) is 0 Å². The largest absolute Gasteiger partial charge is 0.383 e. The Morgan fingerprint density at radius 2 is 1.63 bits per heavy atom. The van der Waals surface area contributed by atoms with E-state index in [1.54, 1.807) is 11.1 Å². The lowest BCUT2D eigenvalue weighted by Crippen LogP contribution is -2.47. The molecular weight excluding hydrogens is 332 g/mol. The maximum absolute atomic E-state index is 5.41. The van der Waals surface area contributed by atoms with Crippen molar-refractivity contribution >= 4 is 0 Å². The SMILES string of the molecule is COCCN(CC1CCCC1)C[C@H]1CCCN(C2Cc3ccccc3C2)C1. The van der Waals surface area contributed by atoms with Crippen molar-refractivity contribution in [2.24, 2.45) is 11.8 Å². The molecule has 1 heterocycles. The lowest BCUT2D eigenvalue weighted by atomic mass is 9.95. The van der Waals surface area contributed by atoms with E-state index in [0.29, 0.717) is 0 Å². The third-order valence-electron chi connectivity index (χ3n) is 7.22. The first-order valence-corrected chi connectivity index (χ1v) is 11.3. The average Bonchev–Trinajstić information content (AvgIpc) is 3.35. The van der Waals surface area contributed by atoms with E-state index in [2.05, 4.69) is 34.1 Å². The normalized spacial score (nSPS) is 24.7. The standard InChI is InChI=1S/C24H38N2O/c1-27-14-13-25(17-20-7-2-3-8-20)18-21-9-6-12-26(19-21)24-15-22-10-4-5-11-23(22)16-24/h4-5,10-11,20-21,24H,2-3,6-9,12-19H2,1H3/t21-/m1/s1. The summed E-state index contributed by atoms with van der Waals surface area (Å²) >= 11 is 0. The van der Waals surface area contributed by atoms with E-state index < -0.39 is 0 Å². The zero-order valence-corrected chi connectivity index (χ0v) is 17.2. The second-order valence-corrected chi connectivity index (χ2v) is 9.24. The van der Waals surface area contributed by atoms with E-state index in [-0.39, 0.29) is 0 Å². The average molecular weight is 371 g/mol. The molecule has 0 radical (unpaired) electrons. The highest BCUT2D eigenvalue weighted by Gasteiger charge is 2.31. The molecule has 0 bridgehead atoms. The molecule has 0 spiro atoms. The number of rotatable bonds is 8. The third kappa shape index (κ3) is 5.13. The van der Waals surface area contributed by atoms with Crippen molar-refractivity contribution in [3.8, 4) is 0 Å². The molecule has 27 heavy (non-hydrogen) atoms. The summed E-state index contributed by atoms with van der Waals surface area (Å²) in [6.07, 6.45) is 11.1. The highest BCUT2D eigenvalue weighted by Crippen LogP contribution is 2.30. The zero-order chi connectivity index (χ0) is 18.5. The Bertz CT molecular complexity index is 558. The Morgan fingerprint density at radius 1 is 0.963 bits per heavy atom. The number of piperidine rings is 1. The lowest BCUT2D eigenvalue weighted by Gasteiger charge is -2.39. The summed E-state index contributed by atoms with van der Waals surface area (Å²) in [6, 6.07) is 9.83. The van der Waals surface area contributed by atoms with E-state index in [0.717, 1.165) is 31.0 Å². The van der Waals surface area contributed by atoms with Gasteiger partial charge in [0.15, 0.2) is 0 Å². The minimum atomic E-state index is 0.743. The molecule has 3 heteroatoms. The van der Waals surface area contributed by atoms with Gasteiger partial charge in [0.25, 0.3) is 0 Å². The number of fused-ring (bicyclic) bond motifs is 1. The van der Waals surface area contributed by atoms with Gasteiger partial charge in [-0.3, -0.25) is 4.90 Å². The van der Waals surface area contributed by atoms with Crippen LogP contribution in [0.2, 0.25) is 0 Å². The van der Waals surface area contributed by atoms with Crippen molar-refractivity contribution in [3.63, 3.8) is 0 Å². The van der Waals surface area contributed by atoms with Crippen LogP contribution >= 0.6 is 0 Å². The van der Waals surface area contributed by atoms with Gasteiger partial charge in [-0.1, -0.05) is 37.1 Å². The predicted molar refractivity (Wildman–Crippen MR) is 112 cm³/mol. The van der Waals surface area contributed by atoms with Gasteiger partial charge in [-0.15, -0.1) is 0 Å². The number of ether oxygens (including phenoxy) is 1. The van der Waals surface area contributed by atoms with Crippen LogP contribution in [0.25, 0.3) is 0 Å². The topological polar surface area (TPSA) is 15.7 Å². The molecule has 0 amide bonds. The highest BCUT2D eigenvalue weighted by molar-refractivity contribution is 5.33. The molecule has 4 rings (SSSR count). The number of benzene rings is 1. The second-order valence-electron chi connectivity index (χ2n) is 9.24. The summed E-state index contributed by atoms with van der Waals surface area (Å²) in [7, 11) is 1.84. The molecule has 0 N–H and O–H groups in total. The molecule has 1 aliphatic heterocycles. The van der Waals surface area contributed by atoms with Crippen LogP contribution in [0.15, 0.2) is 24.3 Å². The monoisotopic (exact) mass is 370 g/mol. The van der Waals surface area contributed by atoms with Crippen LogP contribution in [-0.2, 0) is 17.6 Å². The van der Waals surface area contributed by atoms with Crippen molar-refractivity contribution in [3.05, 3.63) is 35.4 Å². The maximum atomic E-state index is 5.41. The molecule has 2 fully saturated rings. The Balaban J connectivity index is 1.31. The van der Waals surface area contributed by atoms with E-state index >= 15 is 0 Å². The van der Waals surface area contributed by atoms with Crippen molar-refractivity contribution in [2.75, 3.05) is 46.4 Å². The fourth-order valence-corrected chi connectivity index (χ4v) is 5.77. The van der Waals surface area contributed by atoms with E-state index in [4.69, 9.17) is 4.74 Å². The molecule has 3 aliphatic rings. The minimum absolute atomic E-state index is 0.743. The van der Waals surface area contributed by atoms with Gasteiger partial charge in [-0.25, -0.2) is 0 Å². The second kappa shape index (κ2) is 9.54. The van der Waals surface area contributed by atoms with Crippen molar-refractivity contribution in [1.82, 2.24) is 9.80 Å². The van der Waals surface area contributed by atoms with Gasteiger partial charge in [0.05, 0.1) is 6.61 Å². The third-order valence-corrected chi connectivity index (χ3v) is 7.22. The lowest BCUT2D eigenvalue weighted by molar-refractivity contribution is 0.0808. The number of likely N-dealkylation sites (tertiary alicyclic amines) is 1. The van der Waals surface area contributed by atoms with Crippen LogP contribution < -0.4 is 0 Å². The van der Waals surface area contributed by atoms with E-state index in [1.807, 2.05) is 7.11 Å². The predicted octanol–water partition coefficient (Wildman–Crippen LogP) is 4.00. The molecule has 0 unspecified atom stereocenters. The van der Waals surface area contributed by atoms with Gasteiger partial charge in [0, 0.05) is 39.3 Å². The molecule has 1 saturated heterocycles. The van der Waals surface area contributed by atoms with Gasteiger partial charge < -0.3 is 9.64 Å². The summed E-state index contributed by atoms with van der Waals surface area (Å²) in [5.74, 6) is 1.77. The molecular formula is C24H38N2O. The van der Waals surface area contributed by atoms with Crippen LogP contribution in [-0.4, -0.2) is 62.3 Å². The van der Waals surface area contributed by atoms with Gasteiger partial charge >= 0.3 is 0 Å². The van der Waals surface area contributed by atoms with Crippen LogP contribution in [0.1, 0.15) is 49.7 Å². The van der Waals surface area contributed by atoms with Crippen LogP contribution in [0.4, 0.5) is 0 Å². The highest BCUT2D eigenvalue weighted by atomic mass is 16.5. The Morgan fingerprint density at radius 3 is 2.33 bits per heavy atom. The quantitative estimate of drug-likeness (QED) is 0.688. The molecule has 1 aromatic carbocycles. The molecule has 1 atom stereocenters.